The highest BCUT2D eigenvalue weighted by atomic mass is 32.2. The molecule has 0 fully saturated rings. The van der Waals surface area contributed by atoms with Gasteiger partial charge in [-0.3, -0.25) is 9.00 Å². The minimum Gasteiger partial charge on any atom is -0.475 e. The fourth-order valence-electron chi connectivity index (χ4n) is 1.87. The number of aromatic carboxylic acids is 1. The van der Waals surface area contributed by atoms with Crippen LogP contribution in [-0.4, -0.2) is 25.9 Å². The molecule has 0 bridgehead atoms. The van der Waals surface area contributed by atoms with Crippen molar-refractivity contribution in [2.75, 3.05) is 5.32 Å². The fourth-order valence-corrected chi connectivity index (χ4v) is 2.79. The highest BCUT2D eigenvalue weighted by molar-refractivity contribution is 7.85. The minimum atomic E-state index is -1.24. The first-order chi connectivity index (χ1) is 11.2. The number of nitrogens with one attached hydrogen (secondary N) is 1. The molecule has 24 heavy (non-hydrogen) atoms. The number of hydrogen-bond acceptors (Lipinski definition) is 4. The first-order valence-electron chi connectivity index (χ1n) is 7.29. The Morgan fingerprint density at radius 2 is 1.83 bits per heavy atom. The maximum Gasteiger partial charge on any atom is 0.371 e. The van der Waals surface area contributed by atoms with E-state index >= 15 is 0 Å². The smallest absolute Gasteiger partial charge is 0.371 e. The predicted molar refractivity (Wildman–Crippen MR) is 91.7 cm³/mol. The molecule has 0 aliphatic rings. The van der Waals surface area contributed by atoms with Gasteiger partial charge in [0.2, 0.25) is 5.76 Å². The molecule has 1 aromatic heterocycles. The molecule has 128 valence electrons. The Hall–Kier alpha value is -2.41. The van der Waals surface area contributed by atoms with Gasteiger partial charge in [0.25, 0.3) is 5.91 Å². The number of hydrogen-bond donors (Lipinski definition) is 2. The summed E-state index contributed by atoms with van der Waals surface area (Å²) in [4.78, 5) is 22.9. The third-order valence-corrected chi connectivity index (χ3v) is 5.17. The van der Waals surface area contributed by atoms with Gasteiger partial charge in [0.05, 0.1) is 0 Å². The van der Waals surface area contributed by atoms with Gasteiger partial charge in [-0.1, -0.05) is 12.1 Å². The summed E-state index contributed by atoms with van der Waals surface area (Å²) in [6.45, 7) is 5.73. The normalized spacial score (nSPS) is 12.6. The lowest BCUT2D eigenvalue weighted by atomic mass is 10.2. The number of carbonyl (C=O) groups is 2. The monoisotopic (exact) mass is 349 g/mol. The van der Waals surface area contributed by atoms with Crippen LogP contribution >= 0.6 is 0 Å². The summed E-state index contributed by atoms with van der Waals surface area (Å²) in [6.07, 6.45) is 0. The number of carboxylic acids is 1. The Morgan fingerprint density at radius 3 is 2.42 bits per heavy atom. The molecule has 0 aliphatic heterocycles. The largest absolute Gasteiger partial charge is 0.475 e. The van der Waals surface area contributed by atoms with E-state index in [1.807, 2.05) is 26.8 Å². The van der Waals surface area contributed by atoms with E-state index < -0.39 is 22.7 Å². The van der Waals surface area contributed by atoms with Crippen LogP contribution in [0.4, 0.5) is 5.69 Å². The third kappa shape index (κ3) is 4.55. The lowest BCUT2D eigenvalue weighted by molar-refractivity contribution is 0.0660. The molecule has 1 heterocycles. The molecule has 0 saturated carbocycles. The summed E-state index contributed by atoms with van der Waals surface area (Å²) in [5.41, 5.74) is 1.36. The van der Waals surface area contributed by atoms with Gasteiger partial charge >= 0.3 is 5.97 Å². The molecule has 0 radical (unpaired) electrons. The molecule has 1 amide bonds. The van der Waals surface area contributed by atoms with E-state index in [0.29, 0.717) is 11.4 Å². The zero-order chi connectivity index (χ0) is 17.9. The van der Waals surface area contributed by atoms with E-state index in [-0.39, 0.29) is 16.3 Å². The number of carboxylic acid groups (broad SMARTS) is 1. The molecule has 6 nitrogen and oxygen atoms in total. The van der Waals surface area contributed by atoms with Gasteiger partial charge in [-0.15, -0.1) is 0 Å². The maximum atomic E-state index is 12.2. The van der Waals surface area contributed by atoms with Crippen molar-refractivity contribution in [3.05, 3.63) is 53.5 Å². The molecular weight excluding hydrogens is 330 g/mol. The number of furan rings is 1. The van der Waals surface area contributed by atoms with Gasteiger partial charge in [-0.2, -0.15) is 0 Å². The number of carbonyl (C=O) groups excluding carboxylic acids is 1. The van der Waals surface area contributed by atoms with Crippen molar-refractivity contribution in [1.82, 2.24) is 0 Å². The van der Waals surface area contributed by atoms with Crippen LogP contribution in [0.15, 0.2) is 40.8 Å². The van der Waals surface area contributed by atoms with E-state index in [9.17, 15) is 13.8 Å². The first kappa shape index (κ1) is 17.9. The molecule has 2 rings (SSSR count). The van der Waals surface area contributed by atoms with Crippen molar-refractivity contribution < 1.29 is 23.3 Å². The van der Waals surface area contributed by atoms with Crippen molar-refractivity contribution in [2.24, 2.45) is 0 Å². The summed E-state index contributed by atoms with van der Waals surface area (Å²) < 4.78 is 16.8. The number of rotatable bonds is 5. The van der Waals surface area contributed by atoms with E-state index in [0.717, 1.165) is 5.56 Å². The van der Waals surface area contributed by atoms with E-state index in [1.165, 1.54) is 12.1 Å². The average Bonchev–Trinajstić information content (AvgIpc) is 2.96. The SMILES string of the molecule is CC(C)(C)[S@@](=O)Cc1cccc(NC(=O)c2ccc(C(=O)O)o2)c1. The van der Waals surface area contributed by atoms with Crippen LogP contribution in [-0.2, 0) is 16.6 Å². The third-order valence-electron chi connectivity index (χ3n) is 3.21. The van der Waals surface area contributed by atoms with Crippen molar-refractivity contribution in [3.63, 3.8) is 0 Å². The number of amides is 1. The lowest BCUT2D eigenvalue weighted by Gasteiger charge is -2.17. The van der Waals surface area contributed by atoms with Crippen molar-refractivity contribution in [1.29, 1.82) is 0 Å². The second kappa shape index (κ2) is 7.00. The second-order valence-corrected chi connectivity index (χ2v) is 8.43. The van der Waals surface area contributed by atoms with Gasteiger partial charge in [-0.05, 0) is 50.6 Å². The Bertz CT molecular complexity index is 788. The Balaban J connectivity index is 2.09. The van der Waals surface area contributed by atoms with Gasteiger partial charge in [0, 0.05) is 27.0 Å². The molecule has 0 saturated heterocycles. The van der Waals surface area contributed by atoms with Crippen molar-refractivity contribution in [2.45, 2.75) is 31.3 Å². The minimum absolute atomic E-state index is 0.0870. The van der Waals surface area contributed by atoms with Gasteiger partial charge in [-0.25, -0.2) is 4.79 Å². The summed E-state index contributed by atoms with van der Waals surface area (Å²) in [5, 5.41) is 11.4. The van der Waals surface area contributed by atoms with Crippen LogP contribution in [0.25, 0.3) is 0 Å². The Kier molecular flexibility index (Phi) is 5.23. The number of anilines is 1. The molecular formula is C17H19NO5S. The van der Waals surface area contributed by atoms with Crippen molar-refractivity contribution >= 4 is 28.4 Å². The molecule has 1 atom stereocenters. The molecule has 0 spiro atoms. The Morgan fingerprint density at radius 1 is 1.17 bits per heavy atom. The zero-order valence-electron chi connectivity index (χ0n) is 13.7. The summed E-state index contributed by atoms with van der Waals surface area (Å²) in [7, 11) is -1.04. The first-order valence-corrected chi connectivity index (χ1v) is 8.60. The van der Waals surface area contributed by atoms with Gasteiger partial charge < -0.3 is 14.8 Å². The zero-order valence-corrected chi connectivity index (χ0v) is 14.5. The molecule has 7 heteroatoms. The van der Waals surface area contributed by atoms with Crippen LogP contribution in [0.5, 0.6) is 0 Å². The average molecular weight is 349 g/mol. The standard InChI is InChI=1S/C17H19NO5S/c1-17(2,3)24(22)10-11-5-4-6-12(9-11)18-15(19)13-7-8-14(23-13)16(20)21/h4-9H,10H2,1-3H3,(H,18,19)(H,20,21)/t24-/m0/s1. The van der Waals surface area contributed by atoms with Crippen LogP contribution in [0, 0.1) is 0 Å². The highest BCUT2D eigenvalue weighted by Gasteiger charge is 2.20. The second-order valence-electron chi connectivity index (χ2n) is 6.23. The van der Waals surface area contributed by atoms with E-state index in [1.54, 1.807) is 18.2 Å². The van der Waals surface area contributed by atoms with Gasteiger partial charge in [0.1, 0.15) is 0 Å². The number of benzene rings is 1. The van der Waals surface area contributed by atoms with Crippen LogP contribution in [0.3, 0.4) is 0 Å². The van der Waals surface area contributed by atoms with Crippen LogP contribution in [0.2, 0.25) is 0 Å². The Labute approximate surface area is 142 Å². The predicted octanol–water partition coefficient (Wildman–Crippen LogP) is 3.28. The van der Waals surface area contributed by atoms with Crippen LogP contribution < -0.4 is 5.32 Å². The lowest BCUT2D eigenvalue weighted by Crippen LogP contribution is -2.23. The van der Waals surface area contributed by atoms with E-state index in [2.05, 4.69) is 5.32 Å². The highest BCUT2D eigenvalue weighted by Crippen LogP contribution is 2.19. The van der Waals surface area contributed by atoms with E-state index in [4.69, 9.17) is 9.52 Å². The molecule has 0 aliphatic carbocycles. The maximum absolute atomic E-state index is 12.2. The van der Waals surface area contributed by atoms with Gasteiger partial charge in [0.15, 0.2) is 5.76 Å². The van der Waals surface area contributed by atoms with Crippen LogP contribution in [0.1, 0.15) is 47.4 Å². The summed E-state index contributed by atoms with van der Waals surface area (Å²) in [5.74, 6) is -1.78. The molecule has 2 N–H and O–H groups in total. The summed E-state index contributed by atoms with van der Waals surface area (Å²) >= 11 is 0. The molecule has 1 aromatic carbocycles. The topological polar surface area (TPSA) is 96.6 Å². The molecule has 0 unspecified atom stereocenters. The van der Waals surface area contributed by atoms with Crippen molar-refractivity contribution in [3.8, 4) is 0 Å². The summed E-state index contributed by atoms with van der Waals surface area (Å²) in [6, 6.07) is 9.56. The molecule has 2 aromatic rings. The fraction of sp³-hybridized carbons (Fsp3) is 0.294. The quantitative estimate of drug-likeness (QED) is 0.863.